The van der Waals surface area contributed by atoms with Gasteiger partial charge in [0.25, 0.3) is 0 Å². The van der Waals surface area contributed by atoms with Crippen molar-refractivity contribution in [3.8, 4) is 0 Å². The number of halogens is 1. The Morgan fingerprint density at radius 1 is 1.47 bits per heavy atom. The number of piperazine rings is 1. The molecule has 15 heavy (non-hydrogen) atoms. The van der Waals surface area contributed by atoms with E-state index in [1.54, 1.807) is 0 Å². The molecule has 0 saturated carbocycles. The van der Waals surface area contributed by atoms with Gasteiger partial charge in [-0.05, 0) is 19.4 Å². The van der Waals surface area contributed by atoms with Crippen LogP contribution < -0.4 is 0 Å². The zero-order chi connectivity index (χ0) is 10.8. The second kappa shape index (κ2) is 4.71. The third kappa shape index (κ3) is 2.28. The lowest BCUT2D eigenvalue weighted by atomic mass is 10.1. The van der Waals surface area contributed by atoms with Crippen LogP contribution in [-0.2, 0) is 4.79 Å². The van der Waals surface area contributed by atoms with E-state index in [0.717, 1.165) is 19.6 Å². The van der Waals surface area contributed by atoms with Gasteiger partial charge in [-0.25, -0.2) is 0 Å². The minimum atomic E-state index is -0.0281. The van der Waals surface area contributed by atoms with Gasteiger partial charge in [0.05, 0.1) is 0 Å². The first-order valence-electron chi connectivity index (χ1n) is 5.81. The normalized spacial score (nSPS) is 28.9. The third-order valence-electron chi connectivity index (χ3n) is 3.55. The zero-order valence-corrected chi connectivity index (χ0v) is 10.0. The number of hydrogen-bond acceptors (Lipinski definition) is 2. The fraction of sp³-hybridized carbons (Fsp3) is 0.909. The Labute approximate surface area is 96.4 Å². The van der Waals surface area contributed by atoms with Gasteiger partial charge >= 0.3 is 0 Å². The topological polar surface area (TPSA) is 23.6 Å². The molecule has 1 amide bonds. The summed E-state index contributed by atoms with van der Waals surface area (Å²) in [5.41, 5.74) is 0. The number of carbonyl (C=O) groups is 1. The highest BCUT2D eigenvalue weighted by atomic mass is 35.5. The number of fused-ring (bicyclic) bond motifs is 1. The molecule has 4 heteroatoms. The molecular formula is C11H19ClN2O. The van der Waals surface area contributed by atoms with Crippen molar-refractivity contribution in [2.75, 3.05) is 32.1 Å². The number of nitrogens with zero attached hydrogens (tertiary/aromatic N) is 2. The number of alkyl halides is 1. The van der Waals surface area contributed by atoms with E-state index in [4.69, 9.17) is 11.6 Å². The van der Waals surface area contributed by atoms with Crippen molar-refractivity contribution in [2.45, 2.75) is 25.8 Å². The van der Waals surface area contributed by atoms with Crippen LogP contribution in [0.3, 0.4) is 0 Å². The Morgan fingerprint density at radius 2 is 2.27 bits per heavy atom. The van der Waals surface area contributed by atoms with E-state index in [-0.39, 0.29) is 11.8 Å². The van der Waals surface area contributed by atoms with Crippen LogP contribution in [0.5, 0.6) is 0 Å². The Balaban J connectivity index is 1.92. The second-order valence-corrected chi connectivity index (χ2v) is 4.98. The summed E-state index contributed by atoms with van der Waals surface area (Å²) >= 11 is 5.72. The third-order valence-corrected chi connectivity index (χ3v) is 4.01. The Hall–Kier alpha value is -0.280. The summed E-state index contributed by atoms with van der Waals surface area (Å²) in [7, 11) is 0. The van der Waals surface area contributed by atoms with Crippen LogP contribution in [0.1, 0.15) is 19.8 Å². The van der Waals surface area contributed by atoms with Crippen LogP contribution in [0.4, 0.5) is 0 Å². The molecule has 86 valence electrons. The van der Waals surface area contributed by atoms with Crippen LogP contribution in [0, 0.1) is 5.92 Å². The molecule has 2 atom stereocenters. The van der Waals surface area contributed by atoms with E-state index in [2.05, 4.69) is 4.90 Å². The summed E-state index contributed by atoms with van der Waals surface area (Å²) in [5, 5.41) is 0. The first kappa shape index (κ1) is 11.2. The summed E-state index contributed by atoms with van der Waals surface area (Å²) < 4.78 is 0. The van der Waals surface area contributed by atoms with E-state index < -0.39 is 0 Å². The van der Waals surface area contributed by atoms with Gasteiger partial charge in [-0.1, -0.05) is 6.92 Å². The zero-order valence-electron chi connectivity index (χ0n) is 9.29. The highest BCUT2D eigenvalue weighted by molar-refractivity contribution is 6.19. The Bertz CT molecular complexity index is 247. The predicted molar refractivity (Wildman–Crippen MR) is 61.1 cm³/mol. The molecule has 0 bridgehead atoms. The van der Waals surface area contributed by atoms with Crippen LogP contribution >= 0.6 is 11.6 Å². The van der Waals surface area contributed by atoms with Gasteiger partial charge in [0.2, 0.25) is 5.91 Å². The second-order valence-electron chi connectivity index (χ2n) is 4.67. The molecular weight excluding hydrogens is 212 g/mol. The molecule has 3 nitrogen and oxygen atoms in total. The van der Waals surface area contributed by atoms with E-state index >= 15 is 0 Å². The van der Waals surface area contributed by atoms with Crippen molar-refractivity contribution in [2.24, 2.45) is 5.92 Å². The van der Waals surface area contributed by atoms with Crippen molar-refractivity contribution < 1.29 is 4.79 Å². The first-order valence-corrected chi connectivity index (χ1v) is 6.34. The fourth-order valence-corrected chi connectivity index (χ4v) is 2.70. The monoisotopic (exact) mass is 230 g/mol. The van der Waals surface area contributed by atoms with Gasteiger partial charge in [0.15, 0.2) is 0 Å². The number of carbonyl (C=O) groups excluding carboxylic acids is 1. The maximum absolute atomic E-state index is 11.9. The maximum atomic E-state index is 11.9. The number of hydrogen-bond donors (Lipinski definition) is 0. The molecule has 0 aromatic heterocycles. The molecule has 0 aromatic carbocycles. The molecule has 2 saturated heterocycles. The highest BCUT2D eigenvalue weighted by Gasteiger charge is 2.33. The molecule has 0 aliphatic carbocycles. The quantitative estimate of drug-likeness (QED) is 0.665. The lowest BCUT2D eigenvalue weighted by Crippen LogP contribution is -2.53. The van der Waals surface area contributed by atoms with E-state index in [0.29, 0.717) is 11.9 Å². The maximum Gasteiger partial charge on any atom is 0.226 e. The minimum absolute atomic E-state index is 0.0281. The van der Waals surface area contributed by atoms with Gasteiger partial charge in [-0.3, -0.25) is 9.69 Å². The molecule has 2 rings (SSSR count). The smallest absolute Gasteiger partial charge is 0.226 e. The van der Waals surface area contributed by atoms with Crippen LogP contribution in [-0.4, -0.2) is 53.8 Å². The highest BCUT2D eigenvalue weighted by Crippen LogP contribution is 2.22. The van der Waals surface area contributed by atoms with Crippen LogP contribution in [0.25, 0.3) is 0 Å². The molecule has 0 N–H and O–H groups in total. The van der Waals surface area contributed by atoms with Crippen LogP contribution in [0.15, 0.2) is 0 Å². The van der Waals surface area contributed by atoms with Crippen molar-refractivity contribution in [3.63, 3.8) is 0 Å². The summed E-state index contributed by atoms with van der Waals surface area (Å²) in [5.74, 6) is 0.639. The largest absolute Gasteiger partial charge is 0.340 e. The molecule has 0 radical (unpaired) electrons. The SMILES string of the molecule is CC(CCl)C(=O)N1CCN2CCCC2C1. The van der Waals surface area contributed by atoms with Gasteiger partial charge in [-0.2, -0.15) is 0 Å². The van der Waals surface area contributed by atoms with E-state index in [9.17, 15) is 4.79 Å². The van der Waals surface area contributed by atoms with Gasteiger partial charge < -0.3 is 4.90 Å². The molecule has 0 aromatic rings. The fourth-order valence-electron chi connectivity index (χ4n) is 2.57. The van der Waals surface area contributed by atoms with Crippen molar-refractivity contribution >= 4 is 17.5 Å². The molecule has 0 spiro atoms. The molecule has 2 aliphatic heterocycles. The summed E-state index contributed by atoms with van der Waals surface area (Å²) in [6.45, 7) is 5.98. The van der Waals surface area contributed by atoms with Crippen molar-refractivity contribution in [1.82, 2.24) is 9.80 Å². The molecule has 2 aliphatic rings. The van der Waals surface area contributed by atoms with Crippen molar-refractivity contribution in [3.05, 3.63) is 0 Å². The lowest BCUT2D eigenvalue weighted by Gasteiger charge is -2.38. The molecule has 2 heterocycles. The Morgan fingerprint density at radius 3 is 3.00 bits per heavy atom. The van der Waals surface area contributed by atoms with E-state index in [1.807, 2.05) is 11.8 Å². The average Bonchev–Trinajstić information content (AvgIpc) is 2.73. The Kier molecular flexibility index (Phi) is 3.52. The molecule has 2 unspecified atom stereocenters. The lowest BCUT2D eigenvalue weighted by molar-refractivity contribution is -0.136. The standard InChI is InChI=1S/C11H19ClN2O/c1-9(7-12)11(15)14-6-5-13-4-2-3-10(13)8-14/h9-10H,2-8H2,1H3. The van der Waals surface area contributed by atoms with Crippen molar-refractivity contribution in [1.29, 1.82) is 0 Å². The van der Waals surface area contributed by atoms with Gasteiger partial charge in [0.1, 0.15) is 0 Å². The number of amides is 1. The molecule has 2 fully saturated rings. The van der Waals surface area contributed by atoms with Crippen LogP contribution in [0.2, 0.25) is 0 Å². The van der Waals surface area contributed by atoms with Gasteiger partial charge in [-0.15, -0.1) is 11.6 Å². The average molecular weight is 231 g/mol. The number of rotatable bonds is 2. The minimum Gasteiger partial charge on any atom is -0.340 e. The predicted octanol–water partition coefficient (Wildman–Crippen LogP) is 1.17. The van der Waals surface area contributed by atoms with E-state index in [1.165, 1.54) is 19.4 Å². The summed E-state index contributed by atoms with van der Waals surface area (Å²) in [6, 6.07) is 0.616. The first-order chi connectivity index (χ1) is 7.22. The summed E-state index contributed by atoms with van der Waals surface area (Å²) in [6.07, 6.45) is 2.54. The summed E-state index contributed by atoms with van der Waals surface area (Å²) in [4.78, 5) is 16.4. The van der Waals surface area contributed by atoms with Gasteiger partial charge in [0, 0.05) is 37.5 Å².